The van der Waals surface area contributed by atoms with Gasteiger partial charge in [0.1, 0.15) is 0 Å². The van der Waals surface area contributed by atoms with Crippen LogP contribution in [0.4, 0.5) is 0 Å². The molecule has 28 heavy (non-hydrogen) atoms. The van der Waals surface area contributed by atoms with Crippen LogP contribution in [0.1, 0.15) is 38.2 Å². The Morgan fingerprint density at radius 3 is 2.71 bits per heavy atom. The first-order valence-electron chi connectivity index (χ1n) is 10.0. The van der Waals surface area contributed by atoms with Crippen molar-refractivity contribution in [1.82, 2.24) is 19.8 Å². The number of hydrogen-bond donors (Lipinski definition) is 1. The molecular weight excluding hydrogens is 356 g/mol. The van der Waals surface area contributed by atoms with Crippen molar-refractivity contribution < 1.29 is 9.59 Å². The number of aryl methyl sites for hydroxylation is 2. The molecule has 7 heteroatoms. The van der Waals surface area contributed by atoms with Gasteiger partial charge in [-0.2, -0.15) is 0 Å². The summed E-state index contributed by atoms with van der Waals surface area (Å²) in [5.41, 5.74) is 1.55. The molecule has 3 rings (SSSR count). The van der Waals surface area contributed by atoms with Gasteiger partial charge >= 0.3 is 0 Å². The van der Waals surface area contributed by atoms with Crippen LogP contribution in [0, 0.1) is 12.8 Å². The van der Waals surface area contributed by atoms with Gasteiger partial charge in [0.25, 0.3) is 5.56 Å². The summed E-state index contributed by atoms with van der Waals surface area (Å²) < 4.78 is 1.50. The highest BCUT2D eigenvalue weighted by Crippen LogP contribution is 2.18. The third-order valence-electron chi connectivity index (χ3n) is 5.39. The number of nitrogens with one attached hydrogen (secondary N) is 1. The average Bonchev–Trinajstić information content (AvgIpc) is 2.72. The molecule has 1 aliphatic rings. The maximum Gasteiger partial charge on any atom is 0.261 e. The number of fused-ring (bicyclic) bond motifs is 1. The molecule has 2 heterocycles. The minimum atomic E-state index is -0.118. The van der Waals surface area contributed by atoms with E-state index < -0.39 is 0 Å². The van der Waals surface area contributed by atoms with Gasteiger partial charge in [0.15, 0.2) is 0 Å². The van der Waals surface area contributed by atoms with Crippen LogP contribution in [0.2, 0.25) is 0 Å². The van der Waals surface area contributed by atoms with E-state index in [1.165, 1.54) is 10.9 Å². The largest absolute Gasteiger partial charge is 0.356 e. The van der Waals surface area contributed by atoms with Crippen LogP contribution in [0.15, 0.2) is 29.3 Å². The Bertz CT molecular complexity index is 913. The molecule has 0 saturated carbocycles. The highest BCUT2D eigenvalue weighted by molar-refractivity contribution is 5.81. The number of carbonyl (C=O) groups is 2. The van der Waals surface area contributed by atoms with E-state index in [4.69, 9.17) is 0 Å². The summed E-state index contributed by atoms with van der Waals surface area (Å²) in [7, 11) is 0. The number of rotatable bonds is 6. The fraction of sp³-hybridized carbons (Fsp3) is 0.524. The number of piperidine rings is 1. The van der Waals surface area contributed by atoms with Crippen molar-refractivity contribution in [3.05, 3.63) is 40.4 Å². The van der Waals surface area contributed by atoms with Gasteiger partial charge in [0, 0.05) is 38.5 Å². The topological polar surface area (TPSA) is 84.3 Å². The third kappa shape index (κ3) is 4.40. The molecule has 2 amide bonds. The van der Waals surface area contributed by atoms with E-state index in [9.17, 15) is 14.4 Å². The van der Waals surface area contributed by atoms with Gasteiger partial charge in [0.2, 0.25) is 11.8 Å². The first-order chi connectivity index (χ1) is 13.5. The van der Waals surface area contributed by atoms with E-state index >= 15 is 0 Å². The maximum absolute atomic E-state index is 12.6. The molecule has 2 aromatic rings. The second-order valence-corrected chi connectivity index (χ2v) is 7.41. The van der Waals surface area contributed by atoms with Crippen molar-refractivity contribution >= 4 is 22.7 Å². The first kappa shape index (κ1) is 20.0. The van der Waals surface area contributed by atoms with E-state index in [-0.39, 0.29) is 29.7 Å². The number of likely N-dealkylation sites (tertiary alicyclic amines) is 1. The Balaban J connectivity index is 1.55. The van der Waals surface area contributed by atoms with E-state index in [1.54, 1.807) is 11.0 Å². The predicted molar refractivity (Wildman–Crippen MR) is 108 cm³/mol. The summed E-state index contributed by atoms with van der Waals surface area (Å²) in [4.78, 5) is 43.4. The van der Waals surface area contributed by atoms with Crippen LogP contribution in [0.3, 0.4) is 0 Å². The van der Waals surface area contributed by atoms with E-state index in [2.05, 4.69) is 10.3 Å². The standard InChI is InChI=1S/C21H28N4O3/c1-3-10-22-20(27)16-7-11-24(12-8-16)18(26)9-13-25-14-23-19-15(2)5-4-6-17(19)21(25)28/h4-6,14,16H,3,7-13H2,1-2H3,(H,22,27). The summed E-state index contributed by atoms with van der Waals surface area (Å²) in [5, 5.41) is 3.51. The van der Waals surface area contributed by atoms with Gasteiger partial charge in [-0.1, -0.05) is 19.1 Å². The predicted octanol–water partition coefficient (Wildman–Crippen LogP) is 1.86. The minimum absolute atomic E-state index is 0.00820. The summed E-state index contributed by atoms with van der Waals surface area (Å²) in [6.45, 7) is 6.14. The summed E-state index contributed by atoms with van der Waals surface area (Å²) in [6.07, 6.45) is 4.09. The fourth-order valence-electron chi connectivity index (χ4n) is 3.65. The van der Waals surface area contributed by atoms with Crippen molar-refractivity contribution in [2.75, 3.05) is 19.6 Å². The van der Waals surface area contributed by atoms with Gasteiger partial charge in [-0.25, -0.2) is 4.98 Å². The van der Waals surface area contributed by atoms with Crippen LogP contribution in [0.5, 0.6) is 0 Å². The normalized spacial score (nSPS) is 15.0. The Morgan fingerprint density at radius 2 is 2.00 bits per heavy atom. The highest BCUT2D eigenvalue weighted by Gasteiger charge is 2.26. The van der Waals surface area contributed by atoms with Crippen molar-refractivity contribution in [2.45, 2.75) is 46.1 Å². The lowest BCUT2D eigenvalue weighted by Gasteiger charge is -2.31. The Kier molecular flexibility index (Phi) is 6.44. The van der Waals surface area contributed by atoms with Crippen LogP contribution < -0.4 is 10.9 Å². The molecule has 1 aromatic carbocycles. The third-order valence-corrected chi connectivity index (χ3v) is 5.39. The number of carbonyl (C=O) groups excluding carboxylic acids is 2. The van der Waals surface area contributed by atoms with E-state index in [0.717, 1.165) is 12.0 Å². The molecule has 1 aromatic heterocycles. The number of nitrogens with zero attached hydrogens (tertiary/aromatic N) is 3. The van der Waals surface area contributed by atoms with Crippen molar-refractivity contribution in [3.63, 3.8) is 0 Å². The monoisotopic (exact) mass is 384 g/mol. The summed E-state index contributed by atoms with van der Waals surface area (Å²) >= 11 is 0. The zero-order valence-corrected chi connectivity index (χ0v) is 16.6. The lowest BCUT2D eigenvalue weighted by atomic mass is 9.95. The molecule has 0 spiro atoms. The smallest absolute Gasteiger partial charge is 0.261 e. The number of aromatic nitrogens is 2. The van der Waals surface area contributed by atoms with Gasteiger partial charge in [-0.05, 0) is 37.8 Å². The quantitative estimate of drug-likeness (QED) is 0.824. The molecule has 0 unspecified atom stereocenters. The lowest BCUT2D eigenvalue weighted by molar-refractivity contribution is -0.135. The second kappa shape index (κ2) is 8.99. The number of hydrogen-bond acceptors (Lipinski definition) is 4. The van der Waals surface area contributed by atoms with Gasteiger partial charge < -0.3 is 10.2 Å². The molecule has 7 nitrogen and oxygen atoms in total. The van der Waals surface area contributed by atoms with E-state index in [1.807, 2.05) is 26.0 Å². The number of para-hydroxylation sites is 1. The van der Waals surface area contributed by atoms with Crippen molar-refractivity contribution in [2.24, 2.45) is 5.92 Å². The fourth-order valence-corrected chi connectivity index (χ4v) is 3.65. The van der Waals surface area contributed by atoms with Crippen LogP contribution in [0.25, 0.3) is 10.9 Å². The molecule has 1 aliphatic heterocycles. The van der Waals surface area contributed by atoms with Gasteiger partial charge in [-0.3, -0.25) is 19.0 Å². The second-order valence-electron chi connectivity index (χ2n) is 7.41. The minimum Gasteiger partial charge on any atom is -0.356 e. The Morgan fingerprint density at radius 1 is 1.25 bits per heavy atom. The van der Waals surface area contributed by atoms with Crippen LogP contribution in [-0.2, 0) is 16.1 Å². The highest BCUT2D eigenvalue weighted by atomic mass is 16.2. The van der Waals surface area contributed by atoms with Gasteiger partial charge in [0.05, 0.1) is 17.2 Å². The average molecular weight is 384 g/mol. The zero-order valence-electron chi connectivity index (χ0n) is 16.6. The summed E-state index contributed by atoms with van der Waals surface area (Å²) in [5.74, 6) is 0.104. The lowest BCUT2D eigenvalue weighted by Crippen LogP contribution is -2.43. The molecule has 1 saturated heterocycles. The van der Waals surface area contributed by atoms with Crippen LogP contribution in [-0.4, -0.2) is 45.9 Å². The Labute approximate surface area is 164 Å². The first-order valence-corrected chi connectivity index (χ1v) is 10.0. The van der Waals surface area contributed by atoms with E-state index in [0.29, 0.717) is 49.9 Å². The Hall–Kier alpha value is -2.70. The number of amides is 2. The van der Waals surface area contributed by atoms with Gasteiger partial charge in [-0.15, -0.1) is 0 Å². The molecule has 150 valence electrons. The molecule has 1 N–H and O–H groups in total. The van der Waals surface area contributed by atoms with Crippen LogP contribution >= 0.6 is 0 Å². The molecular formula is C21H28N4O3. The molecule has 0 atom stereocenters. The van der Waals surface area contributed by atoms with Crippen molar-refractivity contribution in [1.29, 1.82) is 0 Å². The molecule has 1 fully saturated rings. The number of benzene rings is 1. The van der Waals surface area contributed by atoms with Crippen molar-refractivity contribution in [3.8, 4) is 0 Å². The molecule has 0 aliphatic carbocycles. The molecule has 0 bridgehead atoms. The maximum atomic E-state index is 12.6. The SMILES string of the molecule is CCCNC(=O)C1CCN(C(=O)CCn2cnc3c(C)cccc3c2=O)CC1. The zero-order chi connectivity index (χ0) is 20.1. The summed E-state index contributed by atoms with van der Waals surface area (Å²) in [6, 6.07) is 5.54. The molecule has 0 radical (unpaired) electrons.